The summed E-state index contributed by atoms with van der Waals surface area (Å²) in [6.07, 6.45) is 2.97. The molecule has 1 saturated heterocycles. The predicted molar refractivity (Wildman–Crippen MR) is 87.0 cm³/mol. The van der Waals surface area contributed by atoms with Crippen LogP contribution in [0.2, 0.25) is 0 Å². The lowest BCUT2D eigenvalue weighted by atomic mass is 9.74. The summed E-state index contributed by atoms with van der Waals surface area (Å²) in [5.74, 6) is 0.374. The maximum Gasteiger partial charge on any atom is 0.239 e. The molecule has 2 atom stereocenters. The van der Waals surface area contributed by atoms with Crippen LogP contribution in [-0.2, 0) is 10.2 Å². The number of benzene rings is 1. The molecule has 3 heteroatoms. The van der Waals surface area contributed by atoms with Crippen LogP contribution in [0.3, 0.4) is 0 Å². The highest BCUT2D eigenvalue weighted by Crippen LogP contribution is 2.35. The molecule has 1 aliphatic heterocycles. The number of nitrogens with zero attached hydrogens (tertiary/aromatic N) is 1. The van der Waals surface area contributed by atoms with Gasteiger partial charge in [0, 0.05) is 13.1 Å². The quantitative estimate of drug-likeness (QED) is 0.926. The second kappa shape index (κ2) is 6.61. The van der Waals surface area contributed by atoms with Crippen molar-refractivity contribution in [2.24, 2.45) is 11.7 Å². The van der Waals surface area contributed by atoms with Crippen LogP contribution in [0.5, 0.6) is 0 Å². The summed E-state index contributed by atoms with van der Waals surface area (Å²) in [7, 11) is 0. The topological polar surface area (TPSA) is 46.3 Å². The largest absolute Gasteiger partial charge is 0.341 e. The van der Waals surface area contributed by atoms with Gasteiger partial charge in [0.25, 0.3) is 0 Å². The van der Waals surface area contributed by atoms with Crippen LogP contribution in [0.1, 0.15) is 45.6 Å². The Labute approximate surface area is 128 Å². The predicted octanol–water partition coefficient (Wildman–Crippen LogP) is 2.94. The van der Waals surface area contributed by atoms with Gasteiger partial charge in [-0.2, -0.15) is 0 Å². The Hall–Kier alpha value is -1.35. The van der Waals surface area contributed by atoms with E-state index in [1.54, 1.807) is 0 Å². The monoisotopic (exact) mass is 288 g/mol. The molecule has 2 rings (SSSR count). The highest BCUT2D eigenvalue weighted by Gasteiger charge is 2.35. The van der Waals surface area contributed by atoms with Crippen LogP contribution in [0, 0.1) is 5.92 Å². The molecule has 0 aliphatic carbocycles. The summed E-state index contributed by atoms with van der Waals surface area (Å²) in [6, 6.07) is 10.3. The van der Waals surface area contributed by atoms with E-state index in [-0.39, 0.29) is 23.3 Å². The van der Waals surface area contributed by atoms with Gasteiger partial charge in [-0.15, -0.1) is 0 Å². The van der Waals surface area contributed by atoms with Crippen LogP contribution in [0.4, 0.5) is 0 Å². The second-order valence-corrected chi connectivity index (χ2v) is 6.66. The van der Waals surface area contributed by atoms with Crippen LogP contribution in [0.25, 0.3) is 0 Å². The van der Waals surface area contributed by atoms with E-state index < -0.39 is 0 Å². The highest BCUT2D eigenvalue weighted by molar-refractivity contribution is 5.82. The van der Waals surface area contributed by atoms with Crippen molar-refractivity contribution in [3.63, 3.8) is 0 Å². The summed E-state index contributed by atoms with van der Waals surface area (Å²) in [5, 5.41) is 0. The smallest absolute Gasteiger partial charge is 0.239 e. The summed E-state index contributed by atoms with van der Waals surface area (Å²) < 4.78 is 0. The summed E-state index contributed by atoms with van der Waals surface area (Å²) in [5.41, 5.74) is 7.65. The number of hydrogen-bond acceptors (Lipinski definition) is 2. The molecular formula is C18H28N2O. The molecule has 0 radical (unpaired) electrons. The third-order valence-electron chi connectivity index (χ3n) is 5.19. The van der Waals surface area contributed by atoms with E-state index in [0.29, 0.717) is 0 Å². The van der Waals surface area contributed by atoms with E-state index in [4.69, 9.17) is 5.73 Å². The molecule has 1 aromatic rings. The molecule has 1 aliphatic rings. The van der Waals surface area contributed by atoms with E-state index >= 15 is 0 Å². The van der Waals surface area contributed by atoms with Crippen LogP contribution in [-0.4, -0.2) is 29.9 Å². The Bertz CT molecular complexity index is 463. The van der Waals surface area contributed by atoms with E-state index in [1.807, 2.05) is 4.90 Å². The van der Waals surface area contributed by atoms with Gasteiger partial charge >= 0.3 is 0 Å². The first-order valence-corrected chi connectivity index (χ1v) is 8.08. The van der Waals surface area contributed by atoms with Crippen molar-refractivity contribution in [2.75, 3.05) is 13.1 Å². The molecule has 3 nitrogen and oxygen atoms in total. The minimum absolute atomic E-state index is 0.125. The molecule has 0 aromatic heterocycles. The van der Waals surface area contributed by atoms with Crippen LogP contribution in [0.15, 0.2) is 30.3 Å². The fourth-order valence-corrected chi connectivity index (χ4v) is 3.06. The molecule has 0 spiro atoms. The fourth-order valence-electron chi connectivity index (χ4n) is 3.06. The number of likely N-dealkylation sites (tertiary alicyclic amines) is 1. The standard InChI is InChI=1S/C18H28N2O/c1-4-14(2)16(19)17(21)20-12-10-18(3,11-13-20)15-8-6-5-7-9-15/h5-9,14,16H,4,10-13,19H2,1-3H3. The summed E-state index contributed by atoms with van der Waals surface area (Å²) in [6.45, 7) is 8.07. The van der Waals surface area contributed by atoms with Gasteiger partial charge in [-0.05, 0) is 29.7 Å². The van der Waals surface area contributed by atoms with Crippen molar-refractivity contribution in [3.8, 4) is 0 Å². The van der Waals surface area contributed by atoms with Gasteiger partial charge < -0.3 is 10.6 Å². The molecule has 21 heavy (non-hydrogen) atoms. The Morgan fingerprint density at radius 2 is 1.86 bits per heavy atom. The molecule has 1 aromatic carbocycles. The maximum atomic E-state index is 12.4. The van der Waals surface area contributed by atoms with Gasteiger partial charge in [0.05, 0.1) is 6.04 Å². The number of amides is 1. The van der Waals surface area contributed by atoms with E-state index in [2.05, 4.69) is 51.1 Å². The fraction of sp³-hybridized carbons (Fsp3) is 0.611. The number of rotatable bonds is 4. The van der Waals surface area contributed by atoms with Crippen molar-refractivity contribution in [2.45, 2.75) is 51.5 Å². The van der Waals surface area contributed by atoms with Crippen molar-refractivity contribution in [3.05, 3.63) is 35.9 Å². The lowest BCUT2D eigenvalue weighted by Crippen LogP contribution is -2.51. The average Bonchev–Trinajstić information content (AvgIpc) is 2.54. The van der Waals surface area contributed by atoms with Gasteiger partial charge in [-0.1, -0.05) is 57.5 Å². The molecule has 2 N–H and O–H groups in total. The lowest BCUT2D eigenvalue weighted by Gasteiger charge is -2.41. The Kier molecular flexibility index (Phi) is 5.04. The third kappa shape index (κ3) is 3.46. The normalized spacial score (nSPS) is 20.9. The maximum absolute atomic E-state index is 12.4. The van der Waals surface area contributed by atoms with Gasteiger partial charge in [-0.25, -0.2) is 0 Å². The number of piperidine rings is 1. The van der Waals surface area contributed by atoms with Gasteiger partial charge in [0.1, 0.15) is 0 Å². The van der Waals surface area contributed by atoms with Crippen molar-refractivity contribution in [1.29, 1.82) is 0 Å². The Morgan fingerprint density at radius 1 is 1.29 bits per heavy atom. The van der Waals surface area contributed by atoms with Crippen LogP contribution >= 0.6 is 0 Å². The zero-order valence-corrected chi connectivity index (χ0v) is 13.5. The zero-order chi connectivity index (χ0) is 15.5. The number of hydrogen-bond donors (Lipinski definition) is 1. The summed E-state index contributed by atoms with van der Waals surface area (Å²) in [4.78, 5) is 14.4. The molecule has 1 heterocycles. The highest BCUT2D eigenvalue weighted by atomic mass is 16.2. The molecule has 1 fully saturated rings. The third-order valence-corrected chi connectivity index (χ3v) is 5.19. The number of carbonyl (C=O) groups excluding carboxylic acids is 1. The van der Waals surface area contributed by atoms with E-state index in [1.165, 1.54) is 5.56 Å². The molecular weight excluding hydrogens is 260 g/mol. The van der Waals surface area contributed by atoms with Gasteiger partial charge in [-0.3, -0.25) is 4.79 Å². The molecule has 116 valence electrons. The molecule has 1 amide bonds. The van der Waals surface area contributed by atoms with E-state index in [9.17, 15) is 4.79 Å². The molecule has 0 bridgehead atoms. The minimum atomic E-state index is -0.351. The first-order valence-electron chi connectivity index (χ1n) is 8.08. The zero-order valence-electron chi connectivity index (χ0n) is 13.5. The lowest BCUT2D eigenvalue weighted by molar-refractivity contribution is -0.135. The molecule has 2 unspecified atom stereocenters. The second-order valence-electron chi connectivity index (χ2n) is 6.66. The first kappa shape index (κ1) is 16.0. The van der Waals surface area contributed by atoms with Crippen molar-refractivity contribution < 1.29 is 4.79 Å². The van der Waals surface area contributed by atoms with Crippen LogP contribution < -0.4 is 5.73 Å². The minimum Gasteiger partial charge on any atom is -0.341 e. The average molecular weight is 288 g/mol. The Morgan fingerprint density at radius 3 is 2.38 bits per heavy atom. The number of carbonyl (C=O) groups is 1. The van der Waals surface area contributed by atoms with Crippen molar-refractivity contribution >= 4 is 5.91 Å². The first-order chi connectivity index (χ1) is 9.98. The molecule has 0 saturated carbocycles. The number of nitrogens with two attached hydrogens (primary N) is 1. The Balaban J connectivity index is 1.99. The SMILES string of the molecule is CCC(C)C(N)C(=O)N1CCC(C)(c2ccccc2)CC1. The van der Waals surface area contributed by atoms with E-state index in [0.717, 1.165) is 32.4 Å². The van der Waals surface area contributed by atoms with Gasteiger partial charge in [0.2, 0.25) is 5.91 Å². The summed E-state index contributed by atoms with van der Waals surface area (Å²) >= 11 is 0. The van der Waals surface area contributed by atoms with Crippen molar-refractivity contribution in [1.82, 2.24) is 4.90 Å². The van der Waals surface area contributed by atoms with Gasteiger partial charge in [0.15, 0.2) is 0 Å².